The Hall–Kier alpha value is -3.93. The number of carbonyl (C=O) groups is 3. The zero-order chi connectivity index (χ0) is 54.3. The van der Waals surface area contributed by atoms with E-state index in [2.05, 4.69) is 130 Å². The van der Waals surface area contributed by atoms with Gasteiger partial charge in [0.1, 0.15) is 13.2 Å². The molecule has 0 aromatic carbocycles. The normalized spacial score (nSPS) is 12.8. The van der Waals surface area contributed by atoms with Crippen LogP contribution in [0, 0.1) is 0 Å². The molecule has 0 radical (unpaired) electrons. The Morgan fingerprint density at radius 3 is 0.827 bits per heavy atom. The minimum Gasteiger partial charge on any atom is -0.462 e. The number of allylic oxidation sites excluding steroid dienone is 18. The molecule has 0 spiro atoms. The summed E-state index contributed by atoms with van der Waals surface area (Å²) in [5, 5.41) is 0. The molecule has 0 aliphatic heterocycles. The molecule has 0 bridgehead atoms. The number of hydrogen-bond acceptors (Lipinski definition) is 6. The highest BCUT2D eigenvalue weighted by Gasteiger charge is 2.19. The maximum atomic E-state index is 12.9. The topological polar surface area (TPSA) is 78.9 Å². The molecule has 1 unspecified atom stereocenters. The van der Waals surface area contributed by atoms with Crippen LogP contribution in [0.4, 0.5) is 0 Å². The van der Waals surface area contributed by atoms with Gasteiger partial charge in [0.25, 0.3) is 0 Å². The molecule has 75 heavy (non-hydrogen) atoms. The molecule has 0 aliphatic rings. The monoisotopic (exact) mass is 1040 g/mol. The molecule has 0 saturated heterocycles. The molecule has 0 aliphatic carbocycles. The molecule has 428 valence electrons. The molecule has 0 N–H and O–H groups in total. The standard InChI is InChI=1S/C69H116O6/c1-4-7-10-13-16-19-22-25-28-30-31-32-33-34-35-36-37-38-39-40-42-44-47-50-53-56-59-62-68(71)74-65-66(64-73-67(70)61-58-55-52-49-46-43-27-24-21-18-15-12-9-6-3)75-69(72)63-60-57-54-51-48-45-41-29-26-23-20-17-14-11-8-5-2/h7,10,16,19,24-25,27-29,31-32,34-35,37-38,40-42,66H,4-6,8-9,11-15,17-18,20-23,26,30,33,36,39,43-65H2,1-3H3/b10-7-,19-16-,27-24-,28-25-,32-31-,35-34-,38-37-,41-29-,42-40-. The van der Waals surface area contributed by atoms with Crippen LogP contribution < -0.4 is 0 Å². The lowest BCUT2D eigenvalue weighted by Crippen LogP contribution is -2.30. The predicted octanol–water partition coefficient (Wildman–Crippen LogP) is 21.4. The van der Waals surface area contributed by atoms with Crippen molar-refractivity contribution in [3.05, 3.63) is 109 Å². The van der Waals surface area contributed by atoms with Crippen molar-refractivity contribution in [1.29, 1.82) is 0 Å². The first-order valence-corrected chi connectivity index (χ1v) is 31.4. The Bertz CT molecular complexity index is 1520. The highest BCUT2D eigenvalue weighted by atomic mass is 16.6. The van der Waals surface area contributed by atoms with Gasteiger partial charge in [0.05, 0.1) is 0 Å². The van der Waals surface area contributed by atoms with Crippen molar-refractivity contribution in [1.82, 2.24) is 0 Å². The average molecular weight is 1040 g/mol. The van der Waals surface area contributed by atoms with Crippen LogP contribution in [0.1, 0.15) is 290 Å². The maximum absolute atomic E-state index is 12.9. The van der Waals surface area contributed by atoms with Crippen molar-refractivity contribution in [2.75, 3.05) is 13.2 Å². The van der Waals surface area contributed by atoms with Crippen molar-refractivity contribution < 1.29 is 28.6 Å². The maximum Gasteiger partial charge on any atom is 0.306 e. The average Bonchev–Trinajstić information content (AvgIpc) is 3.41. The van der Waals surface area contributed by atoms with Crippen molar-refractivity contribution in [3.63, 3.8) is 0 Å². The molecular formula is C69H116O6. The number of esters is 3. The summed E-state index contributed by atoms with van der Waals surface area (Å²) >= 11 is 0. The third kappa shape index (κ3) is 60.8. The summed E-state index contributed by atoms with van der Waals surface area (Å²) in [6, 6.07) is 0. The third-order valence-corrected chi connectivity index (χ3v) is 13.2. The summed E-state index contributed by atoms with van der Waals surface area (Å²) < 4.78 is 16.9. The summed E-state index contributed by atoms with van der Waals surface area (Å²) in [6.45, 7) is 6.50. The smallest absolute Gasteiger partial charge is 0.306 e. The number of ether oxygens (including phenoxy) is 3. The van der Waals surface area contributed by atoms with Crippen LogP contribution >= 0.6 is 0 Å². The number of hydrogen-bond donors (Lipinski definition) is 0. The van der Waals surface area contributed by atoms with E-state index in [1.807, 2.05) is 0 Å². The molecular weight excluding hydrogens is 925 g/mol. The number of unbranched alkanes of at least 4 members (excludes halogenated alkanes) is 27. The first-order valence-electron chi connectivity index (χ1n) is 31.4. The van der Waals surface area contributed by atoms with Gasteiger partial charge >= 0.3 is 17.9 Å². The van der Waals surface area contributed by atoms with Gasteiger partial charge in [-0.15, -0.1) is 0 Å². The van der Waals surface area contributed by atoms with Crippen LogP contribution in [0.3, 0.4) is 0 Å². The molecule has 0 heterocycles. The van der Waals surface area contributed by atoms with Crippen LogP contribution in [-0.4, -0.2) is 37.2 Å². The summed E-state index contributed by atoms with van der Waals surface area (Å²) in [4.78, 5) is 38.3. The van der Waals surface area contributed by atoms with E-state index in [1.54, 1.807) is 0 Å². The number of carbonyl (C=O) groups excluding carboxylic acids is 3. The van der Waals surface area contributed by atoms with E-state index < -0.39 is 6.10 Å². The minimum absolute atomic E-state index is 0.0922. The van der Waals surface area contributed by atoms with E-state index in [0.717, 1.165) is 141 Å². The molecule has 6 heteroatoms. The second kappa shape index (κ2) is 62.6. The van der Waals surface area contributed by atoms with Crippen LogP contribution in [0.2, 0.25) is 0 Å². The zero-order valence-corrected chi connectivity index (χ0v) is 49.0. The lowest BCUT2D eigenvalue weighted by atomic mass is 10.1. The fourth-order valence-corrected chi connectivity index (χ4v) is 8.53. The fraction of sp³-hybridized carbons (Fsp3) is 0.696. The lowest BCUT2D eigenvalue weighted by Gasteiger charge is -2.18. The molecule has 1 atom stereocenters. The zero-order valence-electron chi connectivity index (χ0n) is 49.0. The van der Waals surface area contributed by atoms with Gasteiger partial charge in [0.2, 0.25) is 0 Å². The Kier molecular flexibility index (Phi) is 59.3. The van der Waals surface area contributed by atoms with E-state index >= 15 is 0 Å². The van der Waals surface area contributed by atoms with E-state index in [9.17, 15) is 14.4 Å². The largest absolute Gasteiger partial charge is 0.462 e. The van der Waals surface area contributed by atoms with E-state index in [-0.39, 0.29) is 31.1 Å². The molecule has 0 fully saturated rings. The van der Waals surface area contributed by atoms with Gasteiger partial charge in [-0.25, -0.2) is 0 Å². The molecule has 0 amide bonds. The van der Waals surface area contributed by atoms with Crippen molar-refractivity contribution >= 4 is 17.9 Å². The Balaban J connectivity index is 4.39. The highest BCUT2D eigenvalue weighted by Crippen LogP contribution is 2.15. The Morgan fingerprint density at radius 1 is 0.280 bits per heavy atom. The van der Waals surface area contributed by atoms with Crippen molar-refractivity contribution in [3.8, 4) is 0 Å². The van der Waals surface area contributed by atoms with E-state index in [4.69, 9.17) is 14.2 Å². The summed E-state index contributed by atoms with van der Waals surface area (Å²) in [6.07, 6.45) is 85.1. The summed E-state index contributed by atoms with van der Waals surface area (Å²) in [5.74, 6) is -0.923. The molecule has 0 aromatic heterocycles. The molecule has 0 rings (SSSR count). The Labute approximate surface area is 463 Å². The quantitative estimate of drug-likeness (QED) is 0.0261. The molecule has 6 nitrogen and oxygen atoms in total. The van der Waals surface area contributed by atoms with E-state index in [1.165, 1.54) is 109 Å². The summed E-state index contributed by atoms with van der Waals surface area (Å²) in [5.41, 5.74) is 0. The Morgan fingerprint density at radius 2 is 0.520 bits per heavy atom. The van der Waals surface area contributed by atoms with Gasteiger partial charge in [-0.1, -0.05) is 252 Å². The molecule has 0 aromatic rings. The van der Waals surface area contributed by atoms with Gasteiger partial charge in [-0.05, 0) is 128 Å². The lowest BCUT2D eigenvalue weighted by molar-refractivity contribution is -0.167. The van der Waals surface area contributed by atoms with Crippen molar-refractivity contribution in [2.24, 2.45) is 0 Å². The van der Waals surface area contributed by atoms with Crippen LogP contribution in [0.5, 0.6) is 0 Å². The highest BCUT2D eigenvalue weighted by molar-refractivity contribution is 5.71. The van der Waals surface area contributed by atoms with Gasteiger partial charge in [-0.3, -0.25) is 14.4 Å². The van der Waals surface area contributed by atoms with E-state index in [0.29, 0.717) is 19.3 Å². The van der Waals surface area contributed by atoms with Crippen LogP contribution in [0.15, 0.2) is 109 Å². The SMILES string of the molecule is CC/C=C\C/C=C\C/C=C\C/C=C\C/C=C\C/C=C\C/C=C\CCCCCCCC(=O)OCC(COC(=O)CCCCCCC/C=C\CCCCCCC)OC(=O)CCCCCCC/C=C\CCCCCCCCC. The fourth-order valence-electron chi connectivity index (χ4n) is 8.53. The van der Waals surface area contributed by atoms with Gasteiger partial charge < -0.3 is 14.2 Å². The second-order valence-electron chi connectivity index (χ2n) is 20.6. The van der Waals surface area contributed by atoms with Gasteiger partial charge in [0.15, 0.2) is 6.10 Å². The molecule has 0 saturated carbocycles. The predicted molar refractivity (Wildman–Crippen MR) is 325 cm³/mol. The first-order chi connectivity index (χ1) is 37.0. The first kappa shape index (κ1) is 71.1. The van der Waals surface area contributed by atoms with Gasteiger partial charge in [-0.2, -0.15) is 0 Å². The minimum atomic E-state index is -0.796. The summed E-state index contributed by atoms with van der Waals surface area (Å²) in [7, 11) is 0. The number of rotatable bonds is 56. The van der Waals surface area contributed by atoms with Crippen LogP contribution in [0.25, 0.3) is 0 Å². The van der Waals surface area contributed by atoms with Crippen molar-refractivity contribution in [2.45, 2.75) is 297 Å². The third-order valence-electron chi connectivity index (χ3n) is 13.2. The van der Waals surface area contributed by atoms with Gasteiger partial charge in [0, 0.05) is 19.3 Å². The van der Waals surface area contributed by atoms with Crippen LogP contribution in [-0.2, 0) is 28.6 Å². The second-order valence-corrected chi connectivity index (χ2v) is 20.6.